The van der Waals surface area contributed by atoms with E-state index in [4.69, 9.17) is 14.2 Å². The molecule has 0 saturated heterocycles. The number of hydrogen-bond donors (Lipinski definition) is 3. The van der Waals surface area contributed by atoms with E-state index in [1.54, 1.807) is 0 Å². The molecule has 0 heterocycles. The zero-order chi connectivity index (χ0) is 13.4. The van der Waals surface area contributed by atoms with Gasteiger partial charge in [0.05, 0.1) is 15.4 Å². The van der Waals surface area contributed by atoms with Crippen LogP contribution >= 0.6 is 0 Å². The summed E-state index contributed by atoms with van der Waals surface area (Å²) in [5.41, 5.74) is -0.701. The molecule has 0 saturated carbocycles. The van der Waals surface area contributed by atoms with Gasteiger partial charge in [0.15, 0.2) is 0 Å². The number of carboxylic acids is 1. The maximum Gasteiger partial charge on any atom is 1.00 e. The molecule has 1 rings (SSSR count). The molecule has 0 atom stereocenters. The van der Waals surface area contributed by atoms with Gasteiger partial charge in [0.25, 0.3) is 20.2 Å². The van der Waals surface area contributed by atoms with E-state index in [1.165, 1.54) is 0 Å². The molecule has 0 fully saturated rings. The van der Waals surface area contributed by atoms with Gasteiger partial charge >= 0.3 is 65.1 Å². The number of benzene rings is 1. The van der Waals surface area contributed by atoms with Crippen LogP contribution < -0.4 is 59.1 Å². The summed E-state index contributed by atoms with van der Waals surface area (Å²) in [6.45, 7) is 0. The first kappa shape index (κ1) is 21.8. The summed E-state index contributed by atoms with van der Waals surface area (Å²) < 4.78 is 60.5. The second-order valence-corrected chi connectivity index (χ2v) is 5.79. The minimum atomic E-state index is -4.78. The quantitative estimate of drug-likeness (QED) is 0.367. The Balaban J connectivity index is 0. The molecule has 0 amide bonds. The van der Waals surface area contributed by atoms with Gasteiger partial charge in [-0.1, -0.05) is 0 Å². The Bertz CT molecular complexity index is 629. The SMILES string of the molecule is O=C(O)c1cc(S(=O)(=O)O)cc(S(=O)(=O)O)c1.[Na+].[Na+]. The molecule has 1 aromatic rings. The molecule has 1 aromatic carbocycles. The van der Waals surface area contributed by atoms with Gasteiger partial charge in [-0.2, -0.15) is 16.8 Å². The van der Waals surface area contributed by atoms with Crippen molar-refractivity contribution in [2.45, 2.75) is 9.79 Å². The summed E-state index contributed by atoms with van der Waals surface area (Å²) in [7, 11) is -9.56. The van der Waals surface area contributed by atoms with Crippen LogP contribution in [-0.2, 0) is 20.2 Å². The molecule has 0 aliphatic rings. The van der Waals surface area contributed by atoms with E-state index in [9.17, 15) is 21.6 Å². The van der Waals surface area contributed by atoms with Crippen molar-refractivity contribution in [1.82, 2.24) is 0 Å². The summed E-state index contributed by atoms with van der Waals surface area (Å²) in [4.78, 5) is 8.73. The Hall–Kier alpha value is 0.510. The molecule has 19 heavy (non-hydrogen) atoms. The van der Waals surface area contributed by atoms with Crippen molar-refractivity contribution in [1.29, 1.82) is 0 Å². The van der Waals surface area contributed by atoms with Crippen molar-refractivity contribution in [2.24, 2.45) is 0 Å². The van der Waals surface area contributed by atoms with E-state index < -0.39 is 41.6 Å². The second kappa shape index (κ2) is 7.50. The van der Waals surface area contributed by atoms with Crippen LogP contribution in [0, 0.1) is 0 Å². The van der Waals surface area contributed by atoms with Crippen molar-refractivity contribution >= 4 is 26.2 Å². The van der Waals surface area contributed by atoms with Crippen LogP contribution in [0.2, 0.25) is 0 Å². The maximum atomic E-state index is 10.8. The van der Waals surface area contributed by atoms with Gasteiger partial charge in [0, 0.05) is 0 Å². The van der Waals surface area contributed by atoms with E-state index in [0.717, 1.165) is 0 Å². The summed E-state index contributed by atoms with van der Waals surface area (Å²) in [6, 6.07) is 1.57. The Morgan fingerprint density at radius 1 is 0.842 bits per heavy atom. The Morgan fingerprint density at radius 3 is 1.37 bits per heavy atom. The van der Waals surface area contributed by atoms with E-state index in [2.05, 4.69) is 0 Å². The Morgan fingerprint density at radius 2 is 1.16 bits per heavy atom. The molecule has 0 aliphatic heterocycles. The zero-order valence-electron chi connectivity index (χ0n) is 9.93. The minimum Gasteiger partial charge on any atom is -0.478 e. The van der Waals surface area contributed by atoms with Crippen LogP contribution in [0.4, 0.5) is 0 Å². The predicted molar refractivity (Wildman–Crippen MR) is 53.0 cm³/mol. The average molecular weight is 328 g/mol. The molecule has 0 bridgehead atoms. The first-order chi connectivity index (χ1) is 7.51. The van der Waals surface area contributed by atoms with Crippen LogP contribution in [-0.4, -0.2) is 37.0 Å². The third-order valence-corrected chi connectivity index (χ3v) is 3.39. The van der Waals surface area contributed by atoms with Gasteiger partial charge in [-0.05, 0) is 18.2 Å². The minimum absolute atomic E-state index is 0. The van der Waals surface area contributed by atoms with Gasteiger partial charge in [0.1, 0.15) is 0 Å². The smallest absolute Gasteiger partial charge is 0.478 e. The molecule has 0 aliphatic carbocycles. The molecule has 0 unspecified atom stereocenters. The van der Waals surface area contributed by atoms with Crippen LogP contribution in [0.5, 0.6) is 0 Å². The van der Waals surface area contributed by atoms with Gasteiger partial charge in [-0.3, -0.25) is 9.11 Å². The van der Waals surface area contributed by atoms with Gasteiger partial charge in [-0.25, -0.2) is 4.79 Å². The van der Waals surface area contributed by atoms with Gasteiger partial charge in [0.2, 0.25) is 0 Å². The van der Waals surface area contributed by atoms with Crippen molar-refractivity contribution in [3.8, 4) is 0 Å². The van der Waals surface area contributed by atoms with Crippen LogP contribution in [0.25, 0.3) is 0 Å². The topological polar surface area (TPSA) is 146 Å². The number of carbonyl (C=O) groups is 1. The monoisotopic (exact) mass is 328 g/mol. The first-order valence-corrected chi connectivity index (χ1v) is 6.73. The summed E-state index contributed by atoms with van der Waals surface area (Å²) >= 11 is 0. The van der Waals surface area contributed by atoms with E-state index in [-0.39, 0.29) is 59.1 Å². The van der Waals surface area contributed by atoms with Crippen LogP contribution in [0.1, 0.15) is 10.4 Å². The van der Waals surface area contributed by atoms with Crippen molar-refractivity contribution in [2.75, 3.05) is 0 Å². The van der Waals surface area contributed by atoms with Crippen molar-refractivity contribution < 1.29 is 95.0 Å². The average Bonchev–Trinajstić information content (AvgIpc) is 2.14. The summed E-state index contributed by atoms with van der Waals surface area (Å²) in [5.74, 6) is -1.61. The van der Waals surface area contributed by atoms with Crippen molar-refractivity contribution in [3.63, 3.8) is 0 Å². The van der Waals surface area contributed by atoms with Gasteiger partial charge in [-0.15, -0.1) is 0 Å². The standard InChI is InChI=1S/C7H6O8S2.2Na/c8-7(9)4-1-5(16(10,11)12)3-6(2-4)17(13,14)15;;/h1-3H,(H,8,9)(H,10,11,12)(H,13,14,15);;/q;2*+1. The van der Waals surface area contributed by atoms with Gasteiger partial charge < -0.3 is 5.11 Å². The molecule has 3 N–H and O–H groups in total. The van der Waals surface area contributed by atoms with Crippen molar-refractivity contribution in [3.05, 3.63) is 23.8 Å². The molecular weight excluding hydrogens is 322 g/mol. The third kappa shape index (κ3) is 6.21. The normalized spacial score (nSPS) is 11.1. The Kier molecular flexibility index (Phi) is 8.60. The molecule has 94 valence electrons. The fourth-order valence-corrected chi connectivity index (χ4v) is 2.17. The van der Waals surface area contributed by atoms with E-state index in [0.29, 0.717) is 18.2 Å². The number of hydrogen-bond acceptors (Lipinski definition) is 5. The Labute approximate surface area is 153 Å². The molecule has 12 heteroatoms. The van der Waals surface area contributed by atoms with Crippen LogP contribution in [0.3, 0.4) is 0 Å². The summed E-state index contributed by atoms with van der Waals surface area (Å²) in [5, 5.41) is 8.61. The predicted octanol–water partition coefficient (Wildman–Crippen LogP) is -6.11. The van der Waals surface area contributed by atoms with E-state index in [1.807, 2.05) is 0 Å². The van der Waals surface area contributed by atoms with E-state index >= 15 is 0 Å². The zero-order valence-corrected chi connectivity index (χ0v) is 15.6. The largest absolute Gasteiger partial charge is 1.00 e. The molecule has 0 aromatic heterocycles. The second-order valence-electron chi connectivity index (χ2n) is 2.95. The number of carboxylic acid groups (broad SMARTS) is 1. The maximum absolute atomic E-state index is 10.8. The third-order valence-electron chi connectivity index (χ3n) is 1.72. The first-order valence-electron chi connectivity index (χ1n) is 3.85. The fourth-order valence-electron chi connectivity index (χ4n) is 0.993. The molecule has 0 radical (unpaired) electrons. The molecular formula is C7H6Na2O8S2+2. The number of rotatable bonds is 3. The molecule has 8 nitrogen and oxygen atoms in total. The number of aromatic carboxylic acids is 1. The molecule has 0 spiro atoms. The summed E-state index contributed by atoms with van der Waals surface area (Å²) in [6.07, 6.45) is 0. The van der Waals surface area contributed by atoms with Crippen LogP contribution in [0.15, 0.2) is 28.0 Å². The fraction of sp³-hybridized carbons (Fsp3) is 0.